The molecule has 5 nitrogen and oxygen atoms in total. The van der Waals surface area contributed by atoms with E-state index in [2.05, 4.69) is 11.4 Å². The quantitative estimate of drug-likeness (QED) is 0.539. The van der Waals surface area contributed by atoms with Gasteiger partial charge in [0.2, 0.25) is 11.8 Å². The number of ether oxygens (including phenoxy) is 1. The summed E-state index contributed by atoms with van der Waals surface area (Å²) in [5.41, 5.74) is 5.74. The predicted molar refractivity (Wildman–Crippen MR) is 130 cm³/mol. The fourth-order valence-electron chi connectivity index (χ4n) is 3.84. The highest BCUT2D eigenvalue weighted by atomic mass is 32.2. The van der Waals surface area contributed by atoms with Crippen LogP contribution in [0.15, 0.2) is 72.8 Å². The number of carbonyl (C=O) groups excluding carboxylic acids is 2. The van der Waals surface area contributed by atoms with Crippen LogP contribution in [0, 0.1) is 13.8 Å². The summed E-state index contributed by atoms with van der Waals surface area (Å²) in [4.78, 5) is 27.2. The first-order valence-corrected chi connectivity index (χ1v) is 11.6. The van der Waals surface area contributed by atoms with Crippen molar-refractivity contribution in [2.24, 2.45) is 0 Å². The summed E-state index contributed by atoms with van der Waals surface area (Å²) < 4.78 is 5.57. The molecule has 1 atom stereocenters. The first kappa shape index (κ1) is 22.1. The molecule has 6 heteroatoms. The standard InChI is InChI=1S/C26H26N2O3S/c1-18-12-13-23(19(2)14-18)28-25(30)17-32-26(28)21-10-6-7-11-22(21)27-24(29)16-31-15-20-8-4-3-5-9-20/h3-14,26H,15-17H2,1-2H3,(H,27,29). The second-order valence-electron chi connectivity index (χ2n) is 7.83. The fourth-order valence-corrected chi connectivity index (χ4v) is 5.04. The lowest BCUT2D eigenvalue weighted by atomic mass is 10.1. The largest absolute Gasteiger partial charge is 0.367 e. The third-order valence-electron chi connectivity index (χ3n) is 5.33. The number of carbonyl (C=O) groups is 2. The van der Waals surface area contributed by atoms with Gasteiger partial charge < -0.3 is 10.1 Å². The van der Waals surface area contributed by atoms with Gasteiger partial charge in [-0.25, -0.2) is 0 Å². The van der Waals surface area contributed by atoms with Crippen LogP contribution in [-0.4, -0.2) is 24.2 Å². The van der Waals surface area contributed by atoms with Gasteiger partial charge in [-0.2, -0.15) is 0 Å². The molecular weight excluding hydrogens is 420 g/mol. The number of nitrogens with zero attached hydrogens (tertiary/aromatic N) is 1. The molecule has 1 fully saturated rings. The summed E-state index contributed by atoms with van der Waals surface area (Å²) in [5, 5.41) is 2.77. The third-order valence-corrected chi connectivity index (χ3v) is 6.52. The molecule has 1 aliphatic rings. The van der Waals surface area contributed by atoms with Gasteiger partial charge in [-0.1, -0.05) is 66.2 Å². The highest BCUT2D eigenvalue weighted by Gasteiger charge is 2.36. The molecule has 4 rings (SSSR count). The zero-order valence-electron chi connectivity index (χ0n) is 18.2. The molecule has 1 unspecified atom stereocenters. The van der Waals surface area contributed by atoms with Crippen LogP contribution in [0.25, 0.3) is 0 Å². The molecule has 1 aliphatic heterocycles. The highest BCUT2D eigenvalue weighted by Crippen LogP contribution is 2.45. The van der Waals surface area contributed by atoms with Gasteiger partial charge in [0, 0.05) is 16.9 Å². The Morgan fingerprint density at radius 1 is 1.06 bits per heavy atom. The zero-order valence-corrected chi connectivity index (χ0v) is 19.0. The lowest BCUT2D eigenvalue weighted by Gasteiger charge is -2.27. The molecule has 164 valence electrons. The Hall–Kier alpha value is -3.09. The molecule has 2 amide bonds. The molecule has 0 bridgehead atoms. The molecular formula is C26H26N2O3S. The molecule has 3 aromatic carbocycles. The molecule has 0 spiro atoms. The van der Waals surface area contributed by atoms with Gasteiger partial charge in [0.15, 0.2) is 0 Å². The Balaban J connectivity index is 1.49. The maximum Gasteiger partial charge on any atom is 0.250 e. The van der Waals surface area contributed by atoms with E-state index in [1.165, 1.54) is 0 Å². The minimum absolute atomic E-state index is 0.0409. The van der Waals surface area contributed by atoms with Crippen LogP contribution < -0.4 is 10.2 Å². The van der Waals surface area contributed by atoms with Crippen LogP contribution in [0.3, 0.4) is 0 Å². The lowest BCUT2D eigenvalue weighted by molar-refractivity contribution is -0.121. The van der Waals surface area contributed by atoms with E-state index in [-0.39, 0.29) is 23.8 Å². The van der Waals surface area contributed by atoms with Crippen LogP contribution in [0.1, 0.15) is 27.6 Å². The van der Waals surface area contributed by atoms with E-state index in [1.807, 2.05) is 85.5 Å². The normalized spacial score (nSPS) is 15.8. The summed E-state index contributed by atoms with van der Waals surface area (Å²) in [6.45, 7) is 4.40. The van der Waals surface area contributed by atoms with Crippen LogP contribution in [0.2, 0.25) is 0 Å². The van der Waals surface area contributed by atoms with Crippen molar-refractivity contribution in [1.82, 2.24) is 0 Å². The number of hydrogen-bond donors (Lipinski definition) is 1. The van der Waals surface area contributed by atoms with Gasteiger partial charge in [0.25, 0.3) is 0 Å². The van der Waals surface area contributed by atoms with Crippen LogP contribution >= 0.6 is 11.8 Å². The van der Waals surface area contributed by atoms with Crippen molar-refractivity contribution in [1.29, 1.82) is 0 Å². The first-order valence-electron chi connectivity index (χ1n) is 10.5. The molecule has 1 saturated heterocycles. The zero-order chi connectivity index (χ0) is 22.5. The van der Waals surface area contributed by atoms with Gasteiger partial charge in [-0.05, 0) is 37.1 Å². The van der Waals surface area contributed by atoms with Crippen LogP contribution in [0.4, 0.5) is 11.4 Å². The molecule has 0 radical (unpaired) electrons. The van der Waals surface area contributed by atoms with Crippen molar-refractivity contribution in [3.8, 4) is 0 Å². The van der Waals surface area contributed by atoms with Crippen molar-refractivity contribution >= 4 is 35.0 Å². The number of aryl methyl sites for hydroxylation is 2. The monoisotopic (exact) mass is 446 g/mol. The third kappa shape index (κ3) is 5.03. The van der Waals surface area contributed by atoms with E-state index >= 15 is 0 Å². The minimum atomic E-state index is -0.222. The first-order chi connectivity index (χ1) is 15.5. The number of rotatable bonds is 7. The molecule has 1 N–H and O–H groups in total. The number of nitrogens with one attached hydrogen (secondary N) is 1. The Kier molecular flexibility index (Phi) is 6.93. The number of benzene rings is 3. The molecule has 1 heterocycles. The second kappa shape index (κ2) is 10.0. The predicted octanol–water partition coefficient (Wildman–Crippen LogP) is 5.24. The van der Waals surface area contributed by atoms with Gasteiger partial charge in [-0.15, -0.1) is 11.8 Å². The number of para-hydroxylation sites is 1. The van der Waals surface area contributed by atoms with Crippen LogP contribution in [0.5, 0.6) is 0 Å². The molecule has 0 aliphatic carbocycles. The van der Waals surface area contributed by atoms with Gasteiger partial charge in [0.1, 0.15) is 12.0 Å². The number of amides is 2. The Morgan fingerprint density at radius 3 is 2.59 bits per heavy atom. The van der Waals surface area contributed by atoms with Gasteiger partial charge in [-0.3, -0.25) is 14.5 Å². The molecule has 3 aromatic rings. The van der Waals surface area contributed by atoms with E-state index in [0.717, 1.165) is 27.9 Å². The number of hydrogen-bond acceptors (Lipinski definition) is 4. The maximum absolute atomic E-state index is 12.8. The average molecular weight is 447 g/mol. The van der Waals surface area contributed by atoms with Crippen molar-refractivity contribution in [3.63, 3.8) is 0 Å². The van der Waals surface area contributed by atoms with Crippen LogP contribution in [-0.2, 0) is 20.9 Å². The van der Waals surface area contributed by atoms with Crippen molar-refractivity contribution in [2.75, 3.05) is 22.6 Å². The summed E-state index contributed by atoms with van der Waals surface area (Å²) in [7, 11) is 0. The fraction of sp³-hybridized carbons (Fsp3) is 0.231. The van der Waals surface area contributed by atoms with Gasteiger partial charge in [0.05, 0.1) is 12.4 Å². The summed E-state index contributed by atoms with van der Waals surface area (Å²) >= 11 is 1.57. The van der Waals surface area contributed by atoms with E-state index in [4.69, 9.17) is 4.74 Å². The lowest BCUT2D eigenvalue weighted by Crippen LogP contribution is -2.29. The van der Waals surface area contributed by atoms with Crippen molar-refractivity contribution < 1.29 is 14.3 Å². The summed E-state index contributed by atoms with van der Waals surface area (Å²) in [6.07, 6.45) is 0. The Labute approximate surface area is 192 Å². The van der Waals surface area contributed by atoms with E-state index in [1.54, 1.807) is 11.8 Å². The molecule has 0 aromatic heterocycles. The highest BCUT2D eigenvalue weighted by molar-refractivity contribution is 8.00. The average Bonchev–Trinajstić information content (AvgIpc) is 3.16. The molecule has 0 saturated carbocycles. The van der Waals surface area contributed by atoms with Crippen molar-refractivity contribution in [3.05, 3.63) is 95.1 Å². The summed E-state index contributed by atoms with van der Waals surface area (Å²) in [6, 6.07) is 23.5. The SMILES string of the molecule is Cc1ccc(N2C(=O)CSC2c2ccccc2NC(=O)COCc2ccccc2)c(C)c1. The summed E-state index contributed by atoms with van der Waals surface area (Å²) in [5.74, 6) is 0.250. The Bertz CT molecular complexity index is 1120. The molecule has 32 heavy (non-hydrogen) atoms. The van der Waals surface area contributed by atoms with E-state index in [0.29, 0.717) is 18.0 Å². The van der Waals surface area contributed by atoms with E-state index in [9.17, 15) is 9.59 Å². The topological polar surface area (TPSA) is 58.6 Å². The van der Waals surface area contributed by atoms with E-state index < -0.39 is 0 Å². The van der Waals surface area contributed by atoms with Gasteiger partial charge >= 0.3 is 0 Å². The van der Waals surface area contributed by atoms with Crippen molar-refractivity contribution in [2.45, 2.75) is 25.8 Å². The minimum Gasteiger partial charge on any atom is -0.367 e. The number of anilines is 2. The second-order valence-corrected chi connectivity index (χ2v) is 8.90. The smallest absolute Gasteiger partial charge is 0.250 e. The Morgan fingerprint density at radius 2 is 1.81 bits per heavy atom. The number of thioether (sulfide) groups is 1. The maximum atomic E-state index is 12.8.